The van der Waals surface area contributed by atoms with E-state index in [4.69, 9.17) is 0 Å². The lowest BCUT2D eigenvalue weighted by Crippen LogP contribution is -2.44. The van der Waals surface area contributed by atoms with Crippen LogP contribution in [0.15, 0.2) is 34.6 Å². The van der Waals surface area contributed by atoms with Gasteiger partial charge in [-0.25, -0.2) is 4.99 Å². The molecule has 4 nitrogen and oxygen atoms in total. The molecular formula is C16H24IN3OS2. The number of hydrogen-bond acceptors (Lipinski definition) is 4. The molecule has 0 aliphatic heterocycles. The lowest BCUT2D eigenvalue weighted by Gasteiger charge is -2.23. The average Bonchev–Trinajstić information content (AvgIpc) is 3.13. The molecule has 0 spiro atoms. The van der Waals surface area contributed by atoms with Gasteiger partial charge in [0, 0.05) is 21.2 Å². The SMILES string of the molecule is CCNC(=NCc1ccc(C)s1)NCC(C)(O)c1cccs1.I. The van der Waals surface area contributed by atoms with Crippen LogP contribution in [-0.4, -0.2) is 24.2 Å². The van der Waals surface area contributed by atoms with Gasteiger partial charge in [-0.2, -0.15) is 0 Å². The molecule has 0 saturated carbocycles. The molecule has 128 valence electrons. The second kappa shape index (κ2) is 9.61. The second-order valence-corrected chi connectivity index (χ2v) is 7.63. The van der Waals surface area contributed by atoms with Crippen LogP contribution in [0, 0.1) is 6.92 Å². The molecule has 2 aromatic heterocycles. The first kappa shape index (κ1) is 20.4. The fraction of sp³-hybridized carbons (Fsp3) is 0.438. The number of aliphatic imine (C=N–C) groups is 1. The fourth-order valence-electron chi connectivity index (χ4n) is 2.00. The van der Waals surface area contributed by atoms with Gasteiger partial charge in [0.1, 0.15) is 5.60 Å². The van der Waals surface area contributed by atoms with Gasteiger partial charge in [-0.3, -0.25) is 0 Å². The van der Waals surface area contributed by atoms with Gasteiger partial charge >= 0.3 is 0 Å². The summed E-state index contributed by atoms with van der Waals surface area (Å²) in [5.74, 6) is 0.727. The molecule has 0 aliphatic carbocycles. The molecule has 0 fully saturated rings. The van der Waals surface area contributed by atoms with Gasteiger partial charge in [0.05, 0.1) is 13.1 Å². The maximum absolute atomic E-state index is 10.5. The monoisotopic (exact) mass is 465 g/mol. The summed E-state index contributed by atoms with van der Waals surface area (Å²) in [6, 6.07) is 8.12. The number of aryl methyl sites for hydroxylation is 1. The van der Waals surface area contributed by atoms with Crippen molar-refractivity contribution in [3.05, 3.63) is 44.3 Å². The Balaban J connectivity index is 0.00000264. The minimum absolute atomic E-state index is 0. The Bertz CT molecular complexity index is 609. The minimum Gasteiger partial charge on any atom is -0.383 e. The Morgan fingerprint density at radius 2 is 2.09 bits per heavy atom. The molecule has 23 heavy (non-hydrogen) atoms. The van der Waals surface area contributed by atoms with E-state index in [1.165, 1.54) is 9.75 Å². The third kappa shape index (κ3) is 6.40. The molecule has 3 N–H and O–H groups in total. The van der Waals surface area contributed by atoms with Crippen LogP contribution in [0.5, 0.6) is 0 Å². The largest absolute Gasteiger partial charge is 0.383 e. The van der Waals surface area contributed by atoms with E-state index < -0.39 is 5.60 Å². The van der Waals surface area contributed by atoms with Crippen LogP contribution in [0.2, 0.25) is 0 Å². The molecule has 7 heteroatoms. The van der Waals surface area contributed by atoms with Crippen LogP contribution in [0.25, 0.3) is 0 Å². The first-order chi connectivity index (χ1) is 10.5. The lowest BCUT2D eigenvalue weighted by molar-refractivity contribution is 0.0655. The number of thiophene rings is 2. The zero-order valence-electron chi connectivity index (χ0n) is 13.6. The summed E-state index contributed by atoms with van der Waals surface area (Å²) in [4.78, 5) is 8.06. The zero-order valence-corrected chi connectivity index (χ0v) is 17.6. The topological polar surface area (TPSA) is 56.7 Å². The third-order valence-electron chi connectivity index (χ3n) is 3.19. The molecule has 0 radical (unpaired) electrons. The maximum Gasteiger partial charge on any atom is 0.191 e. The molecule has 0 bridgehead atoms. The van der Waals surface area contributed by atoms with Crippen LogP contribution in [0.4, 0.5) is 0 Å². The summed E-state index contributed by atoms with van der Waals surface area (Å²) >= 11 is 3.32. The number of guanidine groups is 1. The van der Waals surface area contributed by atoms with Crippen LogP contribution in [0.3, 0.4) is 0 Å². The predicted molar refractivity (Wildman–Crippen MR) is 111 cm³/mol. The molecular weight excluding hydrogens is 441 g/mol. The summed E-state index contributed by atoms with van der Waals surface area (Å²) in [6.45, 7) is 7.80. The third-order valence-corrected chi connectivity index (χ3v) is 5.29. The minimum atomic E-state index is -0.899. The molecule has 0 saturated heterocycles. The van der Waals surface area contributed by atoms with Crippen molar-refractivity contribution in [1.29, 1.82) is 0 Å². The highest BCUT2D eigenvalue weighted by Crippen LogP contribution is 2.24. The molecule has 2 aromatic rings. The van der Waals surface area contributed by atoms with Crippen molar-refractivity contribution < 1.29 is 5.11 Å². The van der Waals surface area contributed by atoms with E-state index in [9.17, 15) is 5.11 Å². The van der Waals surface area contributed by atoms with Gasteiger partial charge in [-0.05, 0) is 44.4 Å². The van der Waals surface area contributed by atoms with Crippen molar-refractivity contribution in [2.45, 2.75) is 32.9 Å². The van der Waals surface area contributed by atoms with E-state index in [1.807, 2.05) is 31.4 Å². The molecule has 1 unspecified atom stereocenters. The first-order valence-corrected chi connectivity index (χ1v) is 9.05. The first-order valence-electron chi connectivity index (χ1n) is 7.35. The van der Waals surface area contributed by atoms with Crippen molar-refractivity contribution >= 4 is 52.6 Å². The van der Waals surface area contributed by atoms with Gasteiger partial charge in [-0.1, -0.05) is 6.07 Å². The second-order valence-electron chi connectivity index (χ2n) is 5.31. The quantitative estimate of drug-likeness (QED) is 0.347. The van der Waals surface area contributed by atoms with E-state index in [0.717, 1.165) is 17.4 Å². The van der Waals surface area contributed by atoms with Crippen molar-refractivity contribution in [2.75, 3.05) is 13.1 Å². The molecule has 1 atom stereocenters. The summed E-state index contributed by atoms with van der Waals surface area (Å²) in [6.07, 6.45) is 0. The summed E-state index contributed by atoms with van der Waals surface area (Å²) in [5, 5.41) is 19.0. The van der Waals surface area contributed by atoms with Crippen LogP contribution in [0.1, 0.15) is 28.5 Å². The molecule has 0 amide bonds. The number of aliphatic hydroxyl groups is 1. The molecule has 0 aromatic carbocycles. The van der Waals surface area contributed by atoms with Crippen molar-refractivity contribution in [2.24, 2.45) is 4.99 Å². The van der Waals surface area contributed by atoms with Crippen LogP contribution < -0.4 is 10.6 Å². The molecule has 2 rings (SSSR count). The van der Waals surface area contributed by atoms with Crippen molar-refractivity contribution in [3.8, 4) is 0 Å². The molecule has 2 heterocycles. The smallest absolute Gasteiger partial charge is 0.191 e. The maximum atomic E-state index is 10.5. The summed E-state index contributed by atoms with van der Waals surface area (Å²) in [7, 11) is 0. The average molecular weight is 465 g/mol. The number of nitrogens with one attached hydrogen (secondary N) is 2. The van der Waals surface area contributed by atoms with Gasteiger partial charge in [0.15, 0.2) is 5.96 Å². The highest BCUT2D eigenvalue weighted by Gasteiger charge is 2.24. The van der Waals surface area contributed by atoms with Gasteiger partial charge in [-0.15, -0.1) is 46.7 Å². The van der Waals surface area contributed by atoms with E-state index in [-0.39, 0.29) is 24.0 Å². The summed E-state index contributed by atoms with van der Waals surface area (Å²) < 4.78 is 0. The number of hydrogen-bond donors (Lipinski definition) is 3. The van der Waals surface area contributed by atoms with Gasteiger partial charge in [0.2, 0.25) is 0 Å². The number of rotatable bonds is 6. The number of halogens is 1. The predicted octanol–water partition coefficient (Wildman–Crippen LogP) is 3.70. The van der Waals surface area contributed by atoms with E-state index in [0.29, 0.717) is 13.1 Å². The highest BCUT2D eigenvalue weighted by molar-refractivity contribution is 14.0. The standard InChI is InChI=1S/C16H23N3OS2.HI/c1-4-17-15(18-10-13-8-7-12(2)22-13)19-11-16(3,20)14-6-5-9-21-14;/h5-9,20H,4,10-11H2,1-3H3,(H2,17,18,19);1H. The van der Waals surface area contributed by atoms with Crippen molar-refractivity contribution in [1.82, 2.24) is 10.6 Å². The highest BCUT2D eigenvalue weighted by atomic mass is 127. The number of nitrogens with zero attached hydrogens (tertiary/aromatic N) is 1. The fourth-order valence-corrected chi connectivity index (χ4v) is 3.60. The molecule has 0 aliphatic rings. The van der Waals surface area contributed by atoms with Crippen molar-refractivity contribution in [3.63, 3.8) is 0 Å². The lowest BCUT2D eigenvalue weighted by atomic mass is 10.1. The normalized spacial score (nSPS) is 14.0. The van der Waals surface area contributed by atoms with Gasteiger partial charge < -0.3 is 15.7 Å². The Morgan fingerprint density at radius 3 is 2.65 bits per heavy atom. The Labute approximate surface area is 163 Å². The van der Waals surface area contributed by atoms with E-state index >= 15 is 0 Å². The van der Waals surface area contributed by atoms with Crippen LogP contribution >= 0.6 is 46.7 Å². The van der Waals surface area contributed by atoms with Crippen LogP contribution in [-0.2, 0) is 12.1 Å². The van der Waals surface area contributed by atoms with E-state index in [1.54, 1.807) is 22.7 Å². The Morgan fingerprint density at radius 1 is 1.30 bits per heavy atom. The van der Waals surface area contributed by atoms with E-state index in [2.05, 4.69) is 34.7 Å². The summed E-state index contributed by atoms with van der Waals surface area (Å²) in [5.41, 5.74) is -0.899. The Kier molecular flexibility index (Phi) is 8.52. The zero-order chi connectivity index (χ0) is 16.0. The van der Waals surface area contributed by atoms with Gasteiger partial charge in [0.25, 0.3) is 0 Å². The Hall–Kier alpha value is -0.640.